The highest BCUT2D eigenvalue weighted by molar-refractivity contribution is 6.30. The third-order valence-electron chi connectivity index (χ3n) is 3.20. The van der Waals surface area contributed by atoms with Gasteiger partial charge in [0.05, 0.1) is 6.20 Å². The number of nitrogens with one attached hydrogen (secondary N) is 1. The Balaban J connectivity index is 2.15. The number of unbranched alkanes of at least 4 members (excludes halogenated alkanes) is 1. The van der Waals surface area contributed by atoms with Gasteiger partial charge in [0.2, 0.25) is 5.95 Å². The zero-order chi connectivity index (χ0) is 15.2. The fourth-order valence-corrected chi connectivity index (χ4v) is 2.05. The molecule has 2 rings (SSSR count). The molecular formula is C15H20ClN5. The molecule has 21 heavy (non-hydrogen) atoms. The number of hydrogen-bond acceptors (Lipinski definition) is 5. The van der Waals surface area contributed by atoms with Crippen molar-refractivity contribution in [2.75, 3.05) is 23.8 Å². The maximum atomic E-state index is 6.03. The number of aromatic nitrogens is 3. The average Bonchev–Trinajstić information content (AvgIpc) is 2.49. The fourth-order valence-electron chi connectivity index (χ4n) is 1.88. The maximum Gasteiger partial charge on any atom is 0.247 e. The van der Waals surface area contributed by atoms with Crippen LogP contribution in [0.15, 0.2) is 24.4 Å². The van der Waals surface area contributed by atoms with Gasteiger partial charge in [0.15, 0.2) is 5.82 Å². The van der Waals surface area contributed by atoms with Gasteiger partial charge in [-0.3, -0.25) is 0 Å². The summed E-state index contributed by atoms with van der Waals surface area (Å²) in [7, 11) is 1.97. The molecule has 1 heterocycles. The second-order valence-electron chi connectivity index (χ2n) is 5.00. The largest absolute Gasteiger partial charge is 0.343 e. The molecule has 0 aliphatic rings. The van der Waals surface area contributed by atoms with Crippen LogP contribution in [0.3, 0.4) is 0 Å². The first-order valence-corrected chi connectivity index (χ1v) is 7.42. The SMILES string of the molecule is CCCCN(C)c1nncc(Nc2cc(Cl)ccc2C)n1. The van der Waals surface area contributed by atoms with Crippen molar-refractivity contribution in [1.29, 1.82) is 0 Å². The predicted molar refractivity (Wildman–Crippen MR) is 87.5 cm³/mol. The zero-order valence-electron chi connectivity index (χ0n) is 12.6. The van der Waals surface area contributed by atoms with Crippen molar-refractivity contribution >= 4 is 29.1 Å². The Morgan fingerprint density at radius 1 is 1.33 bits per heavy atom. The summed E-state index contributed by atoms with van der Waals surface area (Å²) in [5.74, 6) is 1.28. The summed E-state index contributed by atoms with van der Waals surface area (Å²) < 4.78 is 0. The summed E-state index contributed by atoms with van der Waals surface area (Å²) in [6.07, 6.45) is 3.85. The molecule has 1 aromatic heterocycles. The Morgan fingerprint density at radius 3 is 2.90 bits per heavy atom. The van der Waals surface area contributed by atoms with Crippen LogP contribution in [0.4, 0.5) is 17.5 Å². The summed E-state index contributed by atoms with van der Waals surface area (Å²) in [4.78, 5) is 6.50. The lowest BCUT2D eigenvalue weighted by atomic mass is 10.2. The van der Waals surface area contributed by atoms with E-state index in [4.69, 9.17) is 11.6 Å². The number of hydrogen-bond donors (Lipinski definition) is 1. The van der Waals surface area contributed by atoms with E-state index in [0.717, 1.165) is 30.6 Å². The van der Waals surface area contributed by atoms with Gasteiger partial charge in [-0.2, -0.15) is 10.1 Å². The Morgan fingerprint density at radius 2 is 2.14 bits per heavy atom. The van der Waals surface area contributed by atoms with Crippen molar-refractivity contribution in [3.8, 4) is 0 Å². The van der Waals surface area contributed by atoms with E-state index in [2.05, 4.69) is 27.4 Å². The van der Waals surface area contributed by atoms with E-state index in [0.29, 0.717) is 16.8 Å². The fraction of sp³-hybridized carbons (Fsp3) is 0.400. The first-order chi connectivity index (χ1) is 10.1. The van der Waals surface area contributed by atoms with Crippen molar-refractivity contribution in [3.05, 3.63) is 35.0 Å². The minimum absolute atomic E-state index is 0.619. The molecule has 0 radical (unpaired) electrons. The van der Waals surface area contributed by atoms with Crippen LogP contribution in [0.1, 0.15) is 25.3 Å². The van der Waals surface area contributed by atoms with Crippen molar-refractivity contribution in [2.45, 2.75) is 26.7 Å². The number of anilines is 3. The van der Waals surface area contributed by atoms with Gasteiger partial charge < -0.3 is 10.2 Å². The molecule has 0 bridgehead atoms. The summed E-state index contributed by atoms with van der Waals surface area (Å²) in [6, 6.07) is 5.71. The Hall–Kier alpha value is -1.88. The molecule has 0 aliphatic carbocycles. The Bertz CT molecular complexity index is 602. The predicted octanol–water partition coefficient (Wildman–Crippen LogP) is 3.81. The molecule has 0 atom stereocenters. The van der Waals surface area contributed by atoms with Crippen molar-refractivity contribution in [2.24, 2.45) is 0 Å². The van der Waals surface area contributed by atoms with Gasteiger partial charge in [0.25, 0.3) is 0 Å². The molecule has 0 spiro atoms. The quantitative estimate of drug-likeness (QED) is 0.879. The summed E-state index contributed by atoms with van der Waals surface area (Å²) in [6.45, 7) is 5.09. The third-order valence-corrected chi connectivity index (χ3v) is 3.43. The number of aryl methyl sites for hydroxylation is 1. The minimum atomic E-state index is 0.619. The highest BCUT2D eigenvalue weighted by Gasteiger charge is 2.07. The van der Waals surface area contributed by atoms with Crippen LogP contribution in [0, 0.1) is 6.92 Å². The highest BCUT2D eigenvalue weighted by Crippen LogP contribution is 2.23. The topological polar surface area (TPSA) is 53.9 Å². The monoisotopic (exact) mass is 305 g/mol. The standard InChI is InChI=1S/C15H20ClN5/c1-4-5-8-21(3)15-19-14(10-17-20-15)18-13-9-12(16)7-6-11(13)2/h6-7,9-10H,4-5,8H2,1-3H3,(H,18,19,20). The van der Waals surface area contributed by atoms with Crippen LogP contribution in [-0.4, -0.2) is 28.8 Å². The molecule has 0 fully saturated rings. The molecule has 0 aliphatic heterocycles. The van der Waals surface area contributed by atoms with Crippen LogP contribution in [0.25, 0.3) is 0 Å². The van der Waals surface area contributed by atoms with E-state index in [9.17, 15) is 0 Å². The highest BCUT2D eigenvalue weighted by atomic mass is 35.5. The van der Waals surface area contributed by atoms with Gasteiger partial charge in [-0.25, -0.2) is 0 Å². The average molecular weight is 306 g/mol. The summed E-state index contributed by atoms with van der Waals surface area (Å²) >= 11 is 6.03. The van der Waals surface area contributed by atoms with E-state index in [1.165, 1.54) is 0 Å². The molecule has 112 valence electrons. The molecule has 2 aromatic rings. The van der Waals surface area contributed by atoms with Crippen LogP contribution >= 0.6 is 11.6 Å². The van der Waals surface area contributed by atoms with E-state index in [1.54, 1.807) is 6.20 Å². The lowest BCUT2D eigenvalue weighted by Crippen LogP contribution is -2.21. The number of nitrogens with zero attached hydrogens (tertiary/aromatic N) is 4. The number of rotatable bonds is 6. The zero-order valence-corrected chi connectivity index (χ0v) is 13.4. The normalized spacial score (nSPS) is 10.5. The van der Waals surface area contributed by atoms with Gasteiger partial charge in [-0.15, -0.1) is 5.10 Å². The van der Waals surface area contributed by atoms with E-state index in [1.807, 2.05) is 37.1 Å². The molecule has 0 saturated carbocycles. The lowest BCUT2D eigenvalue weighted by Gasteiger charge is -2.16. The molecule has 1 aromatic carbocycles. The summed E-state index contributed by atoms with van der Waals surface area (Å²) in [5, 5.41) is 12.0. The first-order valence-electron chi connectivity index (χ1n) is 7.04. The van der Waals surface area contributed by atoms with Gasteiger partial charge in [0, 0.05) is 24.3 Å². The lowest BCUT2D eigenvalue weighted by molar-refractivity contribution is 0.741. The first kappa shape index (κ1) is 15.5. The minimum Gasteiger partial charge on any atom is -0.343 e. The van der Waals surface area contributed by atoms with E-state index in [-0.39, 0.29) is 0 Å². The van der Waals surface area contributed by atoms with Crippen LogP contribution in [0.2, 0.25) is 5.02 Å². The third kappa shape index (κ3) is 4.29. The molecule has 0 amide bonds. The molecule has 1 N–H and O–H groups in total. The van der Waals surface area contributed by atoms with Gasteiger partial charge in [-0.05, 0) is 31.0 Å². The van der Waals surface area contributed by atoms with Crippen molar-refractivity contribution in [1.82, 2.24) is 15.2 Å². The van der Waals surface area contributed by atoms with Crippen LogP contribution < -0.4 is 10.2 Å². The van der Waals surface area contributed by atoms with Crippen LogP contribution in [0.5, 0.6) is 0 Å². The van der Waals surface area contributed by atoms with Gasteiger partial charge in [-0.1, -0.05) is 31.0 Å². The van der Waals surface area contributed by atoms with Gasteiger partial charge in [0.1, 0.15) is 0 Å². The second-order valence-corrected chi connectivity index (χ2v) is 5.44. The van der Waals surface area contributed by atoms with E-state index >= 15 is 0 Å². The smallest absolute Gasteiger partial charge is 0.247 e. The van der Waals surface area contributed by atoms with Gasteiger partial charge >= 0.3 is 0 Å². The number of benzene rings is 1. The second kappa shape index (κ2) is 7.22. The Kier molecular flexibility index (Phi) is 5.33. The number of halogens is 1. The molecule has 0 unspecified atom stereocenters. The molecular weight excluding hydrogens is 286 g/mol. The molecule has 5 nitrogen and oxygen atoms in total. The molecule has 0 saturated heterocycles. The van der Waals surface area contributed by atoms with Crippen molar-refractivity contribution in [3.63, 3.8) is 0 Å². The Labute approximate surface area is 130 Å². The van der Waals surface area contributed by atoms with Crippen molar-refractivity contribution < 1.29 is 0 Å². The van der Waals surface area contributed by atoms with Crippen LogP contribution in [-0.2, 0) is 0 Å². The molecule has 6 heteroatoms. The summed E-state index contributed by atoms with van der Waals surface area (Å²) in [5.41, 5.74) is 2.02. The van der Waals surface area contributed by atoms with E-state index < -0.39 is 0 Å². The maximum absolute atomic E-state index is 6.03.